The number of hydrogen-bond acceptors (Lipinski definition) is 4. The molecule has 0 radical (unpaired) electrons. The van der Waals surface area contributed by atoms with E-state index < -0.39 is 6.10 Å². The van der Waals surface area contributed by atoms with Crippen LogP contribution in [0.3, 0.4) is 0 Å². The number of ether oxygens (including phenoxy) is 1. The van der Waals surface area contributed by atoms with Crippen molar-refractivity contribution in [2.24, 2.45) is 5.92 Å². The van der Waals surface area contributed by atoms with E-state index >= 15 is 0 Å². The van der Waals surface area contributed by atoms with Crippen molar-refractivity contribution in [3.05, 3.63) is 35.4 Å². The van der Waals surface area contributed by atoms with Crippen LogP contribution in [0.2, 0.25) is 0 Å². The summed E-state index contributed by atoms with van der Waals surface area (Å²) in [5.74, 6) is 0.600. The van der Waals surface area contributed by atoms with Gasteiger partial charge in [0.25, 0.3) is 0 Å². The molecule has 1 rings (SSSR count). The molecule has 4 nitrogen and oxygen atoms in total. The highest BCUT2D eigenvalue weighted by molar-refractivity contribution is 5.32. The van der Waals surface area contributed by atoms with Crippen LogP contribution in [0.1, 0.15) is 38.3 Å². The Kier molecular flexibility index (Phi) is 7.99. The summed E-state index contributed by atoms with van der Waals surface area (Å²) in [7, 11) is 0. The van der Waals surface area contributed by atoms with E-state index in [0.717, 1.165) is 12.0 Å². The van der Waals surface area contributed by atoms with Crippen LogP contribution in [0.25, 0.3) is 0 Å². The number of rotatable bonds is 9. The number of nitrogens with one attached hydrogen (secondary N) is 1. The van der Waals surface area contributed by atoms with Crippen LogP contribution in [0.4, 0.5) is 0 Å². The highest BCUT2D eigenvalue weighted by Gasteiger charge is 2.09. The average molecular weight is 290 g/mol. The van der Waals surface area contributed by atoms with Crippen molar-refractivity contribution < 1.29 is 9.84 Å². The van der Waals surface area contributed by atoms with Crippen LogP contribution in [-0.2, 0) is 11.3 Å². The molecular formula is C17H26N2O2. The van der Waals surface area contributed by atoms with Crippen LogP contribution in [0.5, 0.6) is 0 Å². The summed E-state index contributed by atoms with van der Waals surface area (Å²) < 4.78 is 5.62. The molecule has 0 spiro atoms. The summed E-state index contributed by atoms with van der Waals surface area (Å²) in [6.45, 7) is 7.81. The third-order valence-electron chi connectivity index (χ3n) is 3.14. The SMILES string of the molecule is CC(C)CC(C)OCC(O)CNCc1cccc(C#N)c1. The third-order valence-corrected chi connectivity index (χ3v) is 3.14. The van der Waals surface area contributed by atoms with Crippen molar-refractivity contribution in [2.75, 3.05) is 13.2 Å². The fourth-order valence-corrected chi connectivity index (χ4v) is 2.20. The van der Waals surface area contributed by atoms with E-state index in [2.05, 4.69) is 25.2 Å². The molecule has 0 aliphatic rings. The first-order valence-corrected chi connectivity index (χ1v) is 7.50. The zero-order valence-corrected chi connectivity index (χ0v) is 13.2. The molecule has 0 fully saturated rings. The van der Waals surface area contributed by atoms with Gasteiger partial charge in [-0.1, -0.05) is 26.0 Å². The molecule has 1 aromatic carbocycles. The zero-order valence-electron chi connectivity index (χ0n) is 13.2. The number of nitriles is 1. The van der Waals surface area contributed by atoms with Gasteiger partial charge in [0, 0.05) is 13.1 Å². The second-order valence-corrected chi connectivity index (χ2v) is 5.87. The number of nitrogens with zero attached hydrogens (tertiary/aromatic N) is 1. The molecule has 0 heterocycles. The summed E-state index contributed by atoms with van der Waals surface area (Å²) >= 11 is 0. The van der Waals surface area contributed by atoms with Crippen molar-refractivity contribution in [1.82, 2.24) is 5.32 Å². The minimum Gasteiger partial charge on any atom is -0.389 e. The van der Waals surface area contributed by atoms with Gasteiger partial charge in [0.1, 0.15) is 0 Å². The molecule has 21 heavy (non-hydrogen) atoms. The quantitative estimate of drug-likeness (QED) is 0.733. The van der Waals surface area contributed by atoms with E-state index in [1.54, 1.807) is 6.07 Å². The molecule has 2 N–H and O–H groups in total. The van der Waals surface area contributed by atoms with Crippen molar-refractivity contribution in [3.63, 3.8) is 0 Å². The van der Waals surface area contributed by atoms with E-state index in [4.69, 9.17) is 10.00 Å². The minimum absolute atomic E-state index is 0.173. The van der Waals surface area contributed by atoms with E-state index in [1.165, 1.54) is 0 Å². The predicted molar refractivity (Wildman–Crippen MR) is 83.7 cm³/mol. The highest BCUT2D eigenvalue weighted by atomic mass is 16.5. The second-order valence-electron chi connectivity index (χ2n) is 5.87. The van der Waals surface area contributed by atoms with Crippen molar-refractivity contribution in [1.29, 1.82) is 5.26 Å². The maximum absolute atomic E-state index is 9.87. The Morgan fingerprint density at radius 1 is 1.33 bits per heavy atom. The summed E-state index contributed by atoms with van der Waals surface area (Å²) in [5, 5.41) is 21.9. The van der Waals surface area contributed by atoms with E-state index in [9.17, 15) is 5.11 Å². The molecule has 2 unspecified atom stereocenters. The fraction of sp³-hybridized carbons (Fsp3) is 0.588. The maximum Gasteiger partial charge on any atom is 0.0991 e. The lowest BCUT2D eigenvalue weighted by Gasteiger charge is -2.18. The Labute approximate surface area is 127 Å². The number of aliphatic hydroxyl groups is 1. The molecule has 0 saturated carbocycles. The lowest BCUT2D eigenvalue weighted by Crippen LogP contribution is -2.31. The van der Waals surface area contributed by atoms with E-state index in [0.29, 0.717) is 31.2 Å². The second kappa shape index (κ2) is 9.51. The normalized spacial score (nSPS) is 13.9. The van der Waals surface area contributed by atoms with Gasteiger partial charge in [-0.2, -0.15) is 5.26 Å². The molecule has 1 aromatic rings. The first kappa shape index (κ1) is 17.6. The van der Waals surface area contributed by atoms with Gasteiger partial charge in [-0.3, -0.25) is 0 Å². The van der Waals surface area contributed by atoms with Crippen molar-refractivity contribution in [2.45, 2.75) is 45.9 Å². The molecule has 0 aliphatic carbocycles. The van der Waals surface area contributed by atoms with Crippen LogP contribution in [-0.4, -0.2) is 30.5 Å². The predicted octanol–water partition coefficient (Wildman–Crippen LogP) is 2.46. The molecule has 0 saturated heterocycles. The first-order chi connectivity index (χ1) is 10.0. The minimum atomic E-state index is -0.515. The maximum atomic E-state index is 9.87. The van der Waals surface area contributed by atoms with Crippen molar-refractivity contribution in [3.8, 4) is 6.07 Å². The molecule has 116 valence electrons. The van der Waals surface area contributed by atoms with Gasteiger partial charge in [0.05, 0.1) is 30.4 Å². The highest BCUT2D eigenvalue weighted by Crippen LogP contribution is 2.08. The molecule has 0 amide bonds. The van der Waals surface area contributed by atoms with Crippen LogP contribution < -0.4 is 5.32 Å². The first-order valence-electron chi connectivity index (χ1n) is 7.50. The summed E-state index contributed by atoms with van der Waals surface area (Å²) in [6, 6.07) is 9.57. The third kappa shape index (κ3) is 7.81. The van der Waals surface area contributed by atoms with Gasteiger partial charge < -0.3 is 15.2 Å². The Morgan fingerprint density at radius 3 is 2.76 bits per heavy atom. The Bertz CT molecular complexity index is 454. The largest absolute Gasteiger partial charge is 0.389 e. The molecule has 4 heteroatoms. The molecule has 0 bridgehead atoms. The topological polar surface area (TPSA) is 65.3 Å². The zero-order chi connectivity index (χ0) is 15.7. The van der Waals surface area contributed by atoms with Gasteiger partial charge in [0.15, 0.2) is 0 Å². The fourth-order valence-electron chi connectivity index (χ4n) is 2.20. The Morgan fingerprint density at radius 2 is 2.10 bits per heavy atom. The van der Waals surface area contributed by atoms with Crippen LogP contribution in [0.15, 0.2) is 24.3 Å². The van der Waals surface area contributed by atoms with Gasteiger partial charge in [-0.05, 0) is 37.0 Å². The molecule has 0 aliphatic heterocycles. The summed E-state index contributed by atoms with van der Waals surface area (Å²) in [6.07, 6.45) is 0.659. The van der Waals surface area contributed by atoms with Crippen LogP contribution >= 0.6 is 0 Å². The van der Waals surface area contributed by atoms with Gasteiger partial charge >= 0.3 is 0 Å². The average Bonchev–Trinajstić information content (AvgIpc) is 2.44. The summed E-state index contributed by atoms with van der Waals surface area (Å²) in [4.78, 5) is 0. The molecular weight excluding hydrogens is 264 g/mol. The number of aliphatic hydroxyl groups excluding tert-OH is 1. The smallest absolute Gasteiger partial charge is 0.0991 e. The lowest BCUT2D eigenvalue weighted by molar-refractivity contribution is -0.00857. The monoisotopic (exact) mass is 290 g/mol. The van der Waals surface area contributed by atoms with Gasteiger partial charge in [-0.25, -0.2) is 0 Å². The van der Waals surface area contributed by atoms with Gasteiger partial charge in [0.2, 0.25) is 0 Å². The number of benzene rings is 1. The summed E-state index contributed by atoms with van der Waals surface area (Å²) in [5.41, 5.74) is 1.69. The molecule has 2 atom stereocenters. The van der Waals surface area contributed by atoms with E-state index in [1.807, 2.05) is 25.1 Å². The van der Waals surface area contributed by atoms with Crippen molar-refractivity contribution >= 4 is 0 Å². The lowest BCUT2D eigenvalue weighted by atomic mass is 10.1. The van der Waals surface area contributed by atoms with Crippen LogP contribution in [0, 0.1) is 17.2 Å². The standard InChI is InChI=1S/C17H26N2O2/c1-13(2)7-14(3)21-12-17(20)11-19-10-16-6-4-5-15(8-16)9-18/h4-6,8,13-14,17,19-20H,7,10-12H2,1-3H3. The Balaban J connectivity index is 2.21. The Hall–Kier alpha value is -1.41. The molecule has 0 aromatic heterocycles. The van der Waals surface area contributed by atoms with E-state index in [-0.39, 0.29) is 6.10 Å². The van der Waals surface area contributed by atoms with Gasteiger partial charge in [-0.15, -0.1) is 0 Å². The number of hydrogen-bond donors (Lipinski definition) is 2.